The summed E-state index contributed by atoms with van der Waals surface area (Å²) in [6, 6.07) is 9.19. The number of rotatable bonds is 5. The Balaban J connectivity index is 1.76. The van der Waals surface area contributed by atoms with E-state index in [-0.39, 0.29) is 0 Å². The SMILES string of the molecule is Cc1cc(Oc2ncnc(NCc3cccnc3)c2N)ccc1Cl. The molecule has 0 unspecified atom stereocenters. The molecule has 3 rings (SSSR count). The topological polar surface area (TPSA) is 86.0 Å². The Bertz CT molecular complexity index is 842. The molecule has 0 fully saturated rings. The van der Waals surface area contributed by atoms with Gasteiger partial charge in [0.2, 0.25) is 5.88 Å². The van der Waals surface area contributed by atoms with Gasteiger partial charge in [-0.05, 0) is 42.3 Å². The van der Waals surface area contributed by atoms with Crippen LogP contribution in [0.15, 0.2) is 49.1 Å². The summed E-state index contributed by atoms with van der Waals surface area (Å²) in [4.78, 5) is 12.3. The molecule has 122 valence electrons. The Morgan fingerprint density at radius 3 is 2.88 bits per heavy atom. The Morgan fingerprint density at radius 2 is 2.12 bits per heavy atom. The van der Waals surface area contributed by atoms with Gasteiger partial charge in [0.05, 0.1) is 0 Å². The maximum Gasteiger partial charge on any atom is 0.248 e. The highest BCUT2D eigenvalue weighted by Crippen LogP contribution is 2.31. The van der Waals surface area contributed by atoms with E-state index in [1.54, 1.807) is 24.5 Å². The van der Waals surface area contributed by atoms with Crippen molar-refractivity contribution in [2.45, 2.75) is 13.5 Å². The second-order valence-electron chi connectivity index (χ2n) is 5.17. The second kappa shape index (κ2) is 7.14. The van der Waals surface area contributed by atoms with Crippen molar-refractivity contribution in [1.82, 2.24) is 15.0 Å². The third-order valence-electron chi connectivity index (χ3n) is 3.37. The highest BCUT2D eigenvalue weighted by atomic mass is 35.5. The van der Waals surface area contributed by atoms with Crippen molar-refractivity contribution < 1.29 is 4.74 Å². The molecule has 2 heterocycles. The largest absolute Gasteiger partial charge is 0.437 e. The van der Waals surface area contributed by atoms with Gasteiger partial charge >= 0.3 is 0 Å². The van der Waals surface area contributed by atoms with Crippen LogP contribution >= 0.6 is 11.6 Å². The molecular formula is C17H16ClN5O. The van der Waals surface area contributed by atoms with Gasteiger partial charge in [0.25, 0.3) is 0 Å². The van der Waals surface area contributed by atoms with Crippen LogP contribution in [0.3, 0.4) is 0 Å². The van der Waals surface area contributed by atoms with Crippen LogP contribution in [0.25, 0.3) is 0 Å². The van der Waals surface area contributed by atoms with Crippen molar-refractivity contribution in [3.05, 3.63) is 65.2 Å². The summed E-state index contributed by atoms with van der Waals surface area (Å²) >= 11 is 6.02. The first-order valence-corrected chi connectivity index (χ1v) is 7.68. The minimum atomic E-state index is 0.292. The van der Waals surface area contributed by atoms with E-state index in [9.17, 15) is 0 Å². The lowest BCUT2D eigenvalue weighted by Crippen LogP contribution is -2.07. The van der Waals surface area contributed by atoms with E-state index in [4.69, 9.17) is 22.1 Å². The molecule has 0 aliphatic rings. The van der Waals surface area contributed by atoms with Gasteiger partial charge in [-0.2, -0.15) is 4.98 Å². The number of pyridine rings is 1. The zero-order valence-electron chi connectivity index (χ0n) is 13.0. The number of ether oxygens (including phenoxy) is 1. The first-order chi connectivity index (χ1) is 11.6. The van der Waals surface area contributed by atoms with Crippen LogP contribution in [0.2, 0.25) is 5.02 Å². The van der Waals surface area contributed by atoms with Gasteiger partial charge in [-0.25, -0.2) is 4.98 Å². The van der Waals surface area contributed by atoms with Gasteiger partial charge in [-0.15, -0.1) is 0 Å². The quantitative estimate of drug-likeness (QED) is 0.733. The highest BCUT2D eigenvalue weighted by Gasteiger charge is 2.11. The molecule has 0 atom stereocenters. The number of hydrogen-bond donors (Lipinski definition) is 2. The fraction of sp³-hybridized carbons (Fsp3) is 0.118. The summed E-state index contributed by atoms with van der Waals surface area (Å²) in [5.74, 6) is 1.41. The fourth-order valence-corrected chi connectivity index (χ4v) is 2.20. The van der Waals surface area contributed by atoms with Crippen LogP contribution < -0.4 is 15.8 Å². The number of nitrogens with two attached hydrogens (primary N) is 1. The van der Waals surface area contributed by atoms with Crippen molar-refractivity contribution in [3.63, 3.8) is 0 Å². The van der Waals surface area contributed by atoms with Crippen molar-refractivity contribution in [2.75, 3.05) is 11.1 Å². The molecule has 0 aliphatic carbocycles. The monoisotopic (exact) mass is 341 g/mol. The predicted molar refractivity (Wildman–Crippen MR) is 94.3 cm³/mol. The number of benzene rings is 1. The number of halogens is 1. The molecule has 0 bridgehead atoms. The van der Waals surface area contributed by atoms with E-state index in [1.165, 1.54) is 6.33 Å². The van der Waals surface area contributed by atoms with Gasteiger partial charge in [-0.1, -0.05) is 17.7 Å². The Morgan fingerprint density at radius 1 is 1.25 bits per heavy atom. The number of hydrogen-bond acceptors (Lipinski definition) is 6. The standard InChI is InChI=1S/C17H16ClN5O/c1-11-7-13(4-5-14(11)18)24-17-15(19)16(22-10-23-17)21-9-12-3-2-6-20-8-12/h2-8,10H,9,19H2,1H3,(H,21,22,23). The van der Waals surface area contributed by atoms with E-state index in [1.807, 2.05) is 25.1 Å². The number of nitrogen functional groups attached to an aromatic ring is 1. The van der Waals surface area contributed by atoms with Gasteiger partial charge in [-0.3, -0.25) is 4.98 Å². The third-order valence-corrected chi connectivity index (χ3v) is 3.80. The van der Waals surface area contributed by atoms with E-state index >= 15 is 0 Å². The van der Waals surface area contributed by atoms with Gasteiger partial charge < -0.3 is 15.8 Å². The molecule has 0 spiro atoms. The molecule has 3 aromatic rings. The summed E-state index contributed by atoms with van der Waals surface area (Å²) in [6.07, 6.45) is 4.90. The van der Waals surface area contributed by atoms with E-state index in [2.05, 4.69) is 20.3 Å². The molecule has 0 saturated carbocycles. The maximum atomic E-state index is 6.11. The van der Waals surface area contributed by atoms with Crippen molar-refractivity contribution in [2.24, 2.45) is 0 Å². The number of nitrogens with zero attached hydrogens (tertiary/aromatic N) is 3. The molecule has 6 nitrogen and oxygen atoms in total. The van der Waals surface area contributed by atoms with Crippen molar-refractivity contribution in [3.8, 4) is 11.6 Å². The normalized spacial score (nSPS) is 10.4. The summed E-state index contributed by atoms with van der Waals surface area (Å²) in [5, 5.41) is 3.84. The van der Waals surface area contributed by atoms with Crippen LogP contribution in [0.5, 0.6) is 11.6 Å². The number of aromatic nitrogens is 3. The molecule has 7 heteroatoms. The van der Waals surface area contributed by atoms with Crippen molar-refractivity contribution in [1.29, 1.82) is 0 Å². The Hall–Kier alpha value is -2.86. The van der Waals surface area contributed by atoms with E-state index in [0.717, 1.165) is 11.1 Å². The summed E-state index contributed by atoms with van der Waals surface area (Å²) in [5.41, 5.74) is 8.38. The zero-order chi connectivity index (χ0) is 16.9. The van der Waals surface area contributed by atoms with Crippen molar-refractivity contribution >= 4 is 23.1 Å². The molecule has 1 aromatic carbocycles. The van der Waals surface area contributed by atoms with Gasteiger partial charge in [0.1, 0.15) is 17.8 Å². The maximum absolute atomic E-state index is 6.11. The lowest BCUT2D eigenvalue weighted by atomic mass is 10.2. The Kier molecular flexibility index (Phi) is 4.77. The average Bonchev–Trinajstić information content (AvgIpc) is 2.60. The number of anilines is 2. The third kappa shape index (κ3) is 3.72. The smallest absolute Gasteiger partial charge is 0.248 e. The number of aryl methyl sites for hydroxylation is 1. The highest BCUT2D eigenvalue weighted by molar-refractivity contribution is 6.31. The molecule has 0 aliphatic heterocycles. The first-order valence-electron chi connectivity index (χ1n) is 7.31. The molecule has 2 aromatic heterocycles. The van der Waals surface area contributed by atoms with Crippen LogP contribution in [0.4, 0.5) is 11.5 Å². The second-order valence-corrected chi connectivity index (χ2v) is 5.58. The minimum Gasteiger partial charge on any atom is -0.437 e. The Labute approximate surface area is 144 Å². The summed E-state index contributed by atoms with van der Waals surface area (Å²) in [6.45, 7) is 2.45. The fourth-order valence-electron chi connectivity index (χ4n) is 2.08. The summed E-state index contributed by atoms with van der Waals surface area (Å²) in [7, 11) is 0. The molecule has 24 heavy (non-hydrogen) atoms. The lowest BCUT2D eigenvalue weighted by Gasteiger charge is -2.12. The zero-order valence-corrected chi connectivity index (χ0v) is 13.8. The van der Waals surface area contributed by atoms with E-state index < -0.39 is 0 Å². The molecular weight excluding hydrogens is 326 g/mol. The molecule has 0 radical (unpaired) electrons. The van der Waals surface area contributed by atoms with Crippen LogP contribution in [-0.2, 0) is 6.54 Å². The predicted octanol–water partition coefficient (Wildman–Crippen LogP) is 3.82. The van der Waals surface area contributed by atoms with Gasteiger partial charge in [0, 0.05) is 24.0 Å². The number of nitrogens with one attached hydrogen (secondary N) is 1. The minimum absolute atomic E-state index is 0.292. The molecule has 0 amide bonds. The van der Waals surface area contributed by atoms with Crippen LogP contribution in [0.1, 0.15) is 11.1 Å². The van der Waals surface area contributed by atoms with E-state index in [0.29, 0.717) is 34.7 Å². The molecule has 3 N–H and O–H groups in total. The first kappa shape index (κ1) is 16.0. The summed E-state index contributed by atoms with van der Waals surface area (Å²) < 4.78 is 5.75. The lowest BCUT2D eigenvalue weighted by molar-refractivity contribution is 0.464. The van der Waals surface area contributed by atoms with Crippen LogP contribution in [-0.4, -0.2) is 15.0 Å². The molecule has 0 saturated heterocycles. The van der Waals surface area contributed by atoms with Crippen LogP contribution in [0, 0.1) is 6.92 Å². The van der Waals surface area contributed by atoms with Gasteiger partial charge in [0.15, 0.2) is 5.82 Å². The average molecular weight is 342 g/mol.